The van der Waals surface area contributed by atoms with Gasteiger partial charge in [0.15, 0.2) is 17.5 Å². The van der Waals surface area contributed by atoms with Crippen molar-refractivity contribution in [1.82, 2.24) is 15.0 Å². The minimum atomic E-state index is 0.295. The Morgan fingerprint density at radius 2 is 1.13 bits per heavy atom. The van der Waals surface area contributed by atoms with Gasteiger partial charge in [0, 0.05) is 39.3 Å². The summed E-state index contributed by atoms with van der Waals surface area (Å²) in [5.74, 6) is 2.66. The summed E-state index contributed by atoms with van der Waals surface area (Å²) in [5, 5.41) is 4.59. The quantitative estimate of drug-likeness (QED) is 0.209. The molecule has 7 aromatic rings. The van der Waals surface area contributed by atoms with E-state index in [-0.39, 0.29) is 0 Å². The van der Waals surface area contributed by atoms with Crippen molar-refractivity contribution < 1.29 is 4.42 Å². The predicted octanol–water partition coefficient (Wildman–Crippen LogP) is 10.2. The molecule has 2 unspecified atom stereocenters. The molecule has 2 aliphatic carbocycles. The van der Waals surface area contributed by atoms with Gasteiger partial charge < -0.3 is 4.42 Å². The lowest BCUT2D eigenvalue weighted by atomic mass is 9.83. The molecule has 0 bridgehead atoms. The smallest absolute Gasteiger partial charge is 0.164 e. The van der Waals surface area contributed by atoms with Gasteiger partial charge in [-0.25, -0.2) is 15.0 Å². The lowest BCUT2D eigenvalue weighted by Crippen LogP contribution is -2.12. The molecule has 4 nitrogen and oxygen atoms in total. The summed E-state index contributed by atoms with van der Waals surface area (Å²) in [6.45, 7) is 0. The average molecular weight is 578 g/mol. The molecule has 2 heterocycles. The van der Waals surface area contributed by atoms with Crippen molar-refractivity contribution in [3.8, 4) is 33.9 Å². The summed E-state index contributed by atoms with van der Waals surface area (Å²) >= 11 is 0. The van der Waals surface area contributed by atoms with Gasteiger partial charge in [-0.15, -0.1) is 0 Å². The fraction of sp³-hybridized carbons (Fsp3) is 0.0488. The Morgan fingerprint density at radius 1 is 0.467 bits per heavy atom. The number of hydrogen-bond donors (Lipinski definition) is 0. The minimum absolute atomic E-state index is 0.295. The van der Waals surface area contributed by atoms with Crippen molar-refractivity contribution in [3.05, 3.63) is 158 Å². The predicted molar refractivity (Wildman–Crippen MR) is 183 cm³/mol. The van der Waals surface area contributed by atoms with Crippen molar-refractivity contribution in [1.29, 1.82) is 0 Å². The first-order valence-corrected chi connectivity index (χ1v) is 15.3. The van der Waals surface area contributed by atoms with Crippen molar-refractivity contribution in [3.63, 3.8) is 0 Å². The lowest BCUT2D eigenvalue weighted by molar-refractivity contribution is 0.662. The van der Waals surface area contributed by atoms with E-state index in [0.29, 0.717) is 29.3 Å². The van der Waals surface area contributed by atoms with Crippen molar-refractivity contribution in [2.45, 2.75) is 0 Å². The number of furan rings is 1. The number of para-hydroxylation sites is 1. The van der Waals surface area contributed by atoms with Gasteiger partial charge in [0.25, 0.3) is 0 Å². The zero-order chi connectivity index (χ0) is 29.7. The largest absolute Gasteiger partial charge is 0.456 e. The molecule has 0 radical (unpaired) electrons. The maximum atomic E-state index is 6.04. The first-order valence-electron chi connectivity index (χ1n) is 15.3. The molecular weight excluding hydrogens is 550 g/mol. The van der Waals surface area contributed by atoms with Crippen molar-refractivity contribution in [2.75, 3.05) is 0 Å². The molecule has 212 valence electrons. The minimum Gasteiger partial charge on any atom is -0.456 e. The monoisotopic (exact) mass is 577 g/mol. The van der Waals surface area contributed by atoms with Crippen LogP contribution in [-0.2, 0) is 0 Å². The Bertz CT molecular complexity index is 2390. The van der Waals surface area contributed by atoms with Crippen LogP contribution in [0.5, 0.6) is 0 Å². The second kappa shape index (κ2) is 10.4. The summed E-state index contributed by atoms with van der Waals surface area (Å²) in [6, 6.07) is 37.8. The van der Waals surface area contributed by atoms with Gasteiger partial charge in [-0.3, -0.25) is 0 Å². The van der Waals surface area contributed by atoms with Gasteiger partial charge in [-0.1, -0.05) is 127 Å². The fourth-order valence-corrected chi connectivity index (χ4v) is 6.44. The van der Waals surface area contributed by atoms with E-state index >= 15 is 0 Å². The summed E-state index contributed by atoms with van der Waals surface area (Å²) in [5.41, 5.74) is 6.98. The van der Waals surface area contributed by atoms with Crippen LogP contribution >= 0.6 is 0 Å². The van der Waals surface area contributed by atoms with Crippen LogP contribution in [0.15, 0.2) is 156 Å². The van der Waals surface area contributed by atoms with Crippen LogP contribution in [0, 0.1) is 11.8 Å². The SMILES string of the molecule is C1=CC2C=CC(c3nc(-c4ccc(-c5ccc6oc7ccccc7c6c5)cc4)nc(-c4ccc5ccccc5c4)n3)=CC2C=C1. The molecule has 2 aliphatic rings. The zero-order valence-electron chi connectivity index (χ0n) is 24.3. The number of benzene rings is 5. The van der Waals surface area contributed by atoms with E-state index in [0.717, 1.165) is 55.2 Å². The van der Waals surface area contributed by atoms with E-state index in [9.17, 15) is 0 Å². The van der Waals surface area contributed by atoms with E-state index in [1.54, 1.807) is 0 Å². The third kappa shape index (κ3) is 4.59. The average Bonchev–Trinajstić information content (AvgIpc) is 3.49. The van der Waals surface area contributed by atoms with Gasteiger partial charge >= 0.3 is 0 Å². The van der Waals surface area contributed by atoms with Gasteiger partial charge in [0.05, 0.1) is 0 Å². The molecule has 5 aromatic carbocycles. The molecule has 0 saturated heterocycles. The molecule has 2 atom stereocenters. The van der Waals surface area contributed by atoms with Crippen LogP contribution in [-0.4, -0.2) is 15.0 Å². The Hall–Kier alpha value is -5.87. The Balaban J connectivity index is 1.13. The molecule has 0 N–H and O–H groups in total. The Morgan fingerprint density at radius 3 is 2.02 bits per heavy atom. The lowest BCUT2D eigenvalue weighted by Gasteiger charge is -2.22. The van der Waals surface area contributed by atoms with E-state index < -0.39 is 0 Å². The molecule has 0 saturated carbocycles. The van der Waals surface area contributed by atoms with Crippen molar-refractivity contribution in [2.24, 2.45) is 11.8 Å². The van der Waals surface area contributed by atoms with Gasteiger partial charge in [-0.2, -0.15) is 0 Å². The summed E-state index contributed by atoms with van der Waals surface area (Å²) < 4.78 is 6.04. The number of rotatable bonds is 4. The zero-order valence-corrected chi connectivity index (χ0v) is 24.3. The fourth-order valence-electron chi connectivity index (χ4n) is 6.44. The molecule has 9 rings (SSSR count). The molecule has 4 heteroatoms. The maximum Gasteiger partial charge on any atom is 0.164 e. The molecule has 0 spiro atoms. The van der Waals surface area contributed by atoms with E-state index in [4.69, 9.17) is 19.4 Å². The van der Waals surface area contributed by atoms with Gasteiger partial charge in [0.1, 0.15) is 11.2 Å². The number of hydrogen-bond acceptors (Lipinski definition) is 4. The third-order valence-electron chi connectivity index (χ3n) is 8.85. The standard InChI is InChI=1S/C41H27N3O/c1-3-9-30-23-33(19-15-26(30)7-1)40-42-39(43-41(44-40)34-20-16-27-8-2-4-10-31(27)24-34)29-17-13-28(14-18-29)32-21-22-38-36(25-32)35-11-5-6-12-37(35)45-38/h1-26,30H. The van der Waals surface area contributed by atoms with Crippen molar-refractivity contribution >= 4 is 38.3 Å². The van der Waals surface area contributed by atoms with Crippen LogP contribution in [0.3, 0.4) is 0 Å². The molecule has 0 amide bonds. The molecule has 0 fully saturated rings. The maximum absolute atomic E-state index is 6.04. The molecule has 0 aliphatic heterocycles. The second-order valence-corrected chi connectivity index (χ2v) is 11.7. The van der Waals surface area contributed by atoms with Gasteiger partial charge in [0.2, 0.25) is 0 Å². The number of nitrogens with zero attached hydrogens (tertiary/aromatic N) is 3. The first kappa shape index (κ1) is 25.6. The van der Waals surface area contributed by atoms with E-state index in [1.165, 1.54) is 5.39 Å². The summed E-state index contributed by atoms with van der Waals surface area (Å²) in [4.78, 5) is 15.1. The highest BCUT2D eigenvalue weighted by molar-refractivity contribution is 6.06. The first-order chi connectivity index (χ1) is 22.2. The van der Waals surface area contributed by atoms with E-state index in [2.05, 4.69) is 134 Å². The Labute approximate surface area is 260 Å². The van der Waals surface area contributed by atoms with Crippen LogP contribution in [0.4, 0.5) is 0 Å². The second-order valence-electron chi connectivity index (χ2n) is 11.7. The van der Waals surface area contributed by atoms with Crippen LogP contribution < -0.4 is 0 Å². The summed E-state index contributed by atoms with van der Waals surface area (Å²) in [6.07, 6.45) is 15.4. The summed E-state index contributed by atoms with van der Waals surface area (Å²) in [7, 11) is 0. The normalized spacial score (nSPS) is 17.2. The highest BCUT2D eigenvalue weighted by Gasteiger charge is 2.21. The van der Waals surface area contributed by atoms with Gasteiger partial charge in [-0.05, 0) is 46.2 Å². The highest BCUT2D eigenvalue weighted by atomic mass is 16.3. The molecule has 45 heavy (non-hydrogen) atoms. The molecular formula is C41H27N3O. The Kier molecular flexibility index (Phi) is 5.91. The van der Waals surface area contributed by atoms with Crippen LogP contribution in [0.25, 0.3) is 72.2 Å². The third-order valence-corrected chi connectivity index (χ3v) is 8.85. The van der Waals surface area contributed by atoms with E-state index in [1.807, 2.05) is 18.2 Å². The highest BCUT2D eigenvalue weighted by Crippen LogP contribution is 2.35. The number of aromatic nitrogens is 3. The topological polar surface area (TPSA) is 51.8 Å². The van der Waals surface area contributed by atoms with Crippen LogP contribution in [0.1, 0.15) is 5.82 Å². The number of allylic oxidation sites excluding steroid dienone is 8. The van der Waals surface area contributed by atoms with Crippen LogP contribution in [0.2, 0.25) is 0 Å². The molecule has 2 aromatic heterocycles. The number of fused-ring (bicyclic) bond motifs is 5.